The number of carbonyl (C=O) groups is 2. The Morgan fingerprint density at radius 2 is 1.93 bits per heavy atom. The van der Waals surface area contributed by atoms with Crippen LogP contribution in [0.25, 0.3) is 11.4 Å². The Labute approximate surface area is 158 Å². The van der Waals surface area contributed by atoms with Gasteiger partial charge in [-0.25, -0.2) is 10.2 Å². The summed E-state index contributed by atoms with van der Waals surface area (Å²) in [6.45, 7) is -0.213. The van der Waals surface area contributed by atoms with Crippen LogP contribution in [0.3, 0.4) is 0 Å². The van der Waals surface area contributed by atoms with Crippen LogP contribution >= 0.6 is 11.6 Å². The average Bonchev–Trinajstić information content (AvgIpc) is 3.10. The fourth-order valence-corrected chi connectivity index (χ4v) is 2.42. The van der Waals surface area contributed by atoms with Crippen LogP contribution in [-0.4, -0.2) is 43.4 Å². The molecule has 0 saturated heterocycles. The first-order chi connectivity index (χ1) is 13.0. The highest BCUT2D eigenvalue weighted by atomic mass is 35.5. The summed E-state index contributed by atoms with van der Waals surface area (Å²) in [5.74, 6) is -1.28. The van der Waals surface area contributed by atoms with Gasteiger partial charge >= 0.3 is 5.97 Å². The maximum atomic E-state index is 11.9. The van der Waals surface area contributed by atoms with Gasteiger partial charge in [-0.3, -0.25) is 4.79 Å². The monoisotopic (exact) mass is 384 g/mol. The number of nitrogens with one attached hydrogen (secondary N) is 1. The van der Waals surface area contributed by atoms with E-state index in [0.717, 1.165) is 4.80 Å². The van der Waals surface area contributed by atoms with Gasteiger partial charge in [0.25, 0.3) is 5.91 Å². The van der Waals surface area contributed by atoms with Crippen LogP contribution in [0, 0.1) is 0 Å². The number of hydrogen-bond donors (Lipinski definition) is 2. The van der Waals surface area contributed by atoms with E-state index in [9.17, 15) is 9.59 Å². The Balaban J connectivity index is 1.62. The fourth-order valence-electron chi connectivity index (χ4n) is 2.20. The van der Waals surface area contributed by atoms with Crippen LogP contribution in [0.15, 0.2) is 53.6 Å². The Kier molecular flexibility index (Phi) is 5.53. The molecule has 2 N–H and O–H groups in total. The molecule has 10 heteroatoms. The van der Waals surface area contributed by atoms with E-state index in [4.69, 9.17) is 16.7 Å². The normalized spacial score (nSPS) is 10.9. The number of rotatable bonds is 6. The molecule has 9 nitrogen and oxygen atoms in total. The minimum atomic E-state index is -1.08. The molecule has 0 radical (unpaired) electrons. The number of nitrogens with zero attached hydrogens (tertiary/aromatic N) is 5. The lowest BCUT2D eigenvalue weighted by Crippen LogP contribution is -2.24. The molecule has 2 aromatic carbocycles. The van der Waals surface area contributed by atoms with Gasteiger partial charge in [-0.2, -0.15) is 9.90 Å². The molecule has 3 rings (SSSR count). The summed E-state index contributed by atoms with van der Waals surface area (Å²) >= 11 is 6.08. The molecule has 0 aliphatic carbocycles. The molecule has 0 aliphatic heterocycles. The minimum absolute atomic E-state index is 0.0813. The topological polar surface area (TPSA) is 122 Å². The lowest BCUT2D eigenvalue weighted by atomic mass is 10.1. The SMILES string of the molecule is O=C(Cn1nnc(-c2ccccc2Cl)n1)N/N=C\c1ccccc1C(=O)O. The van der Waals surface area contributed by atoms with Gasteiger partial charge in [0.05, 0.1) is 16.8 Å². The molecule has 0 fully saturated rings. The number of carboxylic acids is 1. The smallest absolute Gasteiger partial charge is 0.336 e. The van der Waals surface area contributed by atoms with Gasteiger partial charge in [0.1, 0.15) is 6.54 Å². The van der Waals surface area contributed by atoms with Gasteiger partial charge in [0, 0.05) is 11.1 Å². The number of carbonyl (C=O) groups excluding carboxylic acids is 1. The second-order valence-electron chi connectivity index (χ2n) is 5.31. The summed E-state index contributed by atoms with van der Waals surface area (Å²) in [7, 11) is 0. The molecule has 1 heterocycles. The van der Waals surface area contributed by atoms with Crippen molar-refractivity contribution in [3.8, 4) is 11.4 Å². The quantitative estimate of drug-likeness (QED) is 0.494. The van der Waals surface area contributed by atoms with Crippen molar-refractivity contribution in [3.63, 3.8) is 0 Å². The summed E-state index contributed by atoms with van der Waals surface area (Å²) in [4.78, 5) is 24.2. The van der Waals surface area contributed by atoms with Crippen LogP contribution in [0.2, 0.25) is 5.02 Å². The summed E-state index contributed by atoms with van der Waals surface area (Å²) < 4.78 is 0. The van der Waals surface area contributed by atoms with E-state index in [0.29, 0.717) is 22.0 Å². The molecule has 136 valence electrons. The summed E-state index contributed by atoms with van der Waals surface area (Å²) in [5, 5.41) is 25.1. The third-order valence-corrected chi connectivity index (χ3v) is 3.77. The number of aromatic carboxylic acids is 1. The van der Waals surface area contributed by atoms with Crippen molar-refractivity contribution in [2.45, 2.75) is 6.54 Å². The number of amides is 1. The van der Waals surface area contributed by atoms with Gasteiger partial charge in [0.2, 0.25) is 5.82 Å². The molecular weight excluding hydrogens is 372 g/mol. The van der Waals surface area contributed by atoms with Crippen molar-refractivity contribution in [2.24, 2.45) is 5.10 Å². The van der Waals surface area contributed by atoms with Gasteiger partial charge in [-0.15, -0.1) is 10.2 Å². The van der Waals surface area contributed by atoms with Crippen LogP contribution in [-0.2, 0) is 11.3 Å². The summed E-state index contributed by atoms with van der Waals surface area (Å²) in [6.07, 6.45) is 1.26. The van der Waals surface area contributed by atoms with Crippen molar-refractivity contribution < 1.29 is 14.7 Å². The van der Waals surface area contributed by atoms with Crippen LogP contribution in [0.4, 0.5) is 0 Å². The van der Waals surface area contributed by atoms with Crippen LogP contribution in [0.1, 0.15) is 15.9 Å². The van der Waals surface area contributed by atoms with Crippen molar-refractivity contribution in [2.75, 3.05) is 0 Å². The average molecular weight is 385 g/mol. The van der Waals surface area contributed by atoms with Gasteiger partial charge < -0.3 is 5.11 Å². The van der Waals surface area contributed by atoms with E-state index < -0.39 is 11.9 Å². The Hall–Kier alpha value is -3.59. The number of tetrazole rings is 1. The second-order valence-corrected chi connectivity index (χ2v) is 5.72. The van der Waals surface area contributed by atoms with E-state index in [1.165, 1.54) is 12.3 Å². The van der Waals surface area contributed by atoms with Gasteiger partial charge in [-0.1, -0.05) is 41.9 Å². The largest absolute Gasteiger partial charge is 0.478 e. The first-order valence-corrected chi connectivity index (χ1v) is 8.09. The maximum Gasteiger partial charge on any atom is 0.336 e. The van der Waals surface area contributed by atoms with E-state index in [2.05, 4.69) is 25.9 Å². The molecule has 3 aromatic rings. The molecule has 0 spiro atoms. The second kappa shape index (κ2) is 8.19. The molecule has 0 aliphatic rings. The van der Waals surface area contributed by atoms with Crippen molar-refractivity contribution in [1.29, 1.82) is 0 Å². The van der Waals surface area contributed by atoms with Crippen molar-refractivity contribution >= 4 is 29.7 Å². The molecular formula is C17H13ClN6O3. The molecule has 1 amide bonds. The van der Waals surface area contributed by atoms with E-state index in [-0.39, 0.29) is 12.1 Å². The minimum Gasteiger partial charge on any atom is -0.478 e. The first-order valence-electron chi connectivity index (χ1n) is 7.71. The van der Waals surface area contributed by atoms with E-state index in [1.807, 2.05) is 0 Å². The summed E-state index contributed by atoms with van der Waals surface area (Å²) in [6, 6.07) is 13.3. The highest BCUT2D eigenvalue weighted by Crippen LogP contribution is 2.23. The Morgan fingerprint density at radius 1 is 1.19 bits per heavy atom. The highest BCUT2D eigenvalue weighted by Gasteiger charge is 2.11. The fraction of sp³-hybridized carbons (Fsp3) is 0.0588. The first kappa shape index (κ1) is 18.2. The van der Waals surface area contributed by atoms with Crippen LogP contribution < -0.4 is 5.43 Å². The van der Waals surface area contributed by atoms with Crippen LogP contribution in [0.5, 0.6) is 0 Å². The number of hydrazone groups is 1. The van der Waals surface area contributed by atoms with Gasteiger partial charge in [0.15, 0.2) is 0 Å². The third-order valence-electron chi connectivity index (χ3n) is 3.44. The lowest BCUT2D eigenvalue weighted by Gasteiger charge is -2.01. The number of hydrogen-bond acceptors (Lipinski definition) is 6. The Morgan fingerprint density at radius 3 is 2.70 bits per heavy atom. The molecule has 0 bridgehead atoms. The maximum absolute atomic E-state index is 11.9. The highest BCUT2D eigenvalue weighted by molar-refractivity contribution is 6.33. The molecule has 0 unspecified atom stereocenters. The number of aromatic nitrogens is 4. The lowest BCUT2D eigenvalue weighted by molar-refractivity contribution is -0.122. The zero-order valence-corrected chi connectivity index (χ0v) is 14.5. The summed E-state index contributed by atoms with van der Waals surface area (Å²) in [5.41, 5.74) is 3.34. The van der Waals surface area contributed by atoms with E-state index in [1.54, 1.807) is 42.5 Å². The van der Waals surface area contributed by atoms with Gasteiger partial charge in [-0.05, 0) is 23.4 Å². The van der Waals surface area contributed by atoms with Crippen molar-refractivity contribution in [1.82, 2.24) is 25.6 Å². The molecule has 1 aromatic heterocycles. The molecule has 0 saturated carbocycles. The zero-order valence-electron chi connectivity index (χ0n) is 13.8. The molecule has 27 heavy (non-hydrogen) atoms. The number of carboxylic acid groups (broad SMARTS) is 1. The molecule has 0 atom stereocenters. The number of benzene rings is 2. The predicted molar refractivity (Wildman–Crippen MR) is 97.4 cm³/mol. The predicted octanol–water partition coefficient (Wildman–Crippen LogP) is 1.84. The standard InChI is InChI=1S/C17H13ClN6O3/c18-14-8-4-3-7-13(14)16-21-23-24(22-16)10-15(25)20-19-9-11-5-1-2-6-12(11)17(26)27/h1-9H,10H2,(H,20,25)(H,26,27)/b19-9-. The number of halogens is 1. The zero-order chi connectivity index (χ0) is 19.2. The Bertz CT molecular complexity index is 1020. The van der Waals surface area contributed by atoms with E-state index >= 15 is 0 Å². The third kappa shape index (κ3) is 4.53. The van der Waals surface area contributed by atoms with Crippen molar-refractivity contribution in [3.05, 3.63) is 64.7 Å².